The SMILES string of the molecule is CCNC(=NCC(C)N1CCc2sccc2C1)NCCCN1CCCCCC1=O. The number of hydrogen-bond acceptors (Lipinski definition) is 4. The first-order valence-electron chi connectivity index (χ1n) is 11.3. The molecule has 1 unspecified atom stereocenters. The van der Waals surface area contributed by atoms with Crippen LogP contribution < -0.4 is 10.6 Å². The second kappa shape index (κ2) is 11.6. The summed E-state index contributed by atoms with van der Waals surface area (Å²) in [5, 5.41) is 9.01. The number of hydrogen-bond donors (Lipinski definition) is 2. The molecule has 0 spiro atoms. The first-order chi connectivity index (χ1) is 14.2. The van der Waals surface area contributed by atoms with Gasteiger partial charge in [-0.1, -0.05) is 6.42 Å². The topological polar surface area (TPSA) is 60.0 Å². The third-order valence-corrected chi connectivity index (χ3v) is 6.91. The standard InChI is InChI=1S/C22H37N5OS/c1-3-23-22(24-11-7-13-26-12-6-4-5-8-21(26)28)25-16-18(2)27-14-9-20-19(17-27)10-15-29-20/h10,15,18H,3-9,11-14,16-17H2,1-2H3,(H2,23,24,25). The smallest absolute Gasteiger partial charge is 0.222 e. The Bertz CT molecular complexity index is 674. The van der Waals surface area contributed by atoms with Crippen LogP contribution in [0, 0.1) is 0 Å². The molecule has 0 saturated carbocycles. The van der Waals surface area contributed by atoms with Crippen molar-refractivity contribution < 1.29 is 4.79 Å². The summed E-state index contributed by atoms with van der Waals surface area (Å²) in [6.45, 7) is 10.8. The number of aliphatic imine (C=N–C) groups is 1. The predicted molar refractivity (Wildman–Crippen MR) is 122 cm³/mol. The second-order valence-corrected chi connectivity index (χ2v) is 9.13. The molecule has 0 aromatic carbocycles. The fourth-order valence-corrected chi connectivity index (χ4v) is 4.97. The van der Waals surface area contributed by atoms with Crippen LogP contribution >= 0.6 is 11.3 Å². The first-order valence-corrected chi connectivity index (χ1v) is 12.1. The number of rotatable bonds is 8. The quantitative estimate of drug-likeness (QED) is 0.386. The number of guanidine groups is 1. The molecule has 0 bridgehead atoms. The van der Waals surface area contributed by atoms with Crippen LogP contribution in [0.15, 0.2) is 16.4 Å². The van der Waals surface area contributed by atoms with Crippen LogP contribution in [0.1, 0.15) is 56.4 Å². The van der Waals surface area contributed by atoms with Gasteiger partial charge in [0, 0.05) is 56.6 Å². The molecule has 3 rings (SSSR count). The van der Waals surface area contributed by atoms with E-state index in [1.807, 2.05) is 16.2 Å². The lowest BCUT2D eigenvalue weighted by Gasteiger charge is -2.31. The molecule has 2 N–H and O–H groups in total. The van der Waals surface area contributed by atoms with Crippen LogP contribution in [-0.2, 0) is 17.8 Å². The largest absolute Gasteiger partial charge is 0.357 e. The van der Waals surface area contributed by atoms with Crippen LogP contribution in [0.25, 0.3) is 0 Å². The molecule has 3 heterocycles. The molecule has 0 radical (unpaired) electrons. The summed E-state index contributed by atoms with van der Waals surface area (Å²) in [5.74, 6) is 1.21. The van der Waals surface area contributed by atoms with E-state index < -0.39 is 0 Å². The van der Waals surface area contributed by atoms with E-state index in [0.29, 0.717) is 11.9 Å². The van der Waals surface area contributed by atoms with Gasteiger partial charge in [-0.05, 0) is 56.5 Å². The van der Waals surface area contributed by atoms with E-state index in [-0.39, 0.29) is 0 Å². The van der Waals surface area contributed by atoms with Gasteiger partial charge in [0.25, 0.3) is 0 Å². The minimum Gasteiger partial charge on any atom is -0.357 e. The minimum absolute atomic E-state index is 0.326. The van der Waals surface area contributed by atoms with E-state index in [1.165, 1.54) is 12.0 Å². The van der Waals surface area contributed by atoms with Crippen LogP contribution in [0.4, 0.5) is 0 Å². The third-order valence-electron chi connectivity index (χ3n) is 5.89. The van der Waals surface area contributed by atoms with Crippen LogP contribution in [0.5, 0.6) is 0 Å². The number of amides is 1. The fourth-order valence-electron chi connectivity index (χ4n) is 4.08. The maximum absolute atomic E-state index is 12.1. The third kappa shape index (κ3) is 6.71. The Hall–Kier alpha value is -1.60. The zero-order valence-electron chi connectivity index (χ0n) is 18.1. The fraction of sp³-hybridized carbons (Fsp3) is 0.727. The van der Waals surface area contributed by atoms with Gasteiger partial charge in [0.15, 0.2) is 5.96 Å². The van der Waals surface area contributed by atoms with E-state index in [1.54, 1.807) is 4.88 Å². The first kappa shape index (κ1) is 22.1. The van der Waals surface area contributed by atoms with E-state index in [9.17, 15) is 4.79 Å². The van der Waals surface area contributed by atoms with E-state index in [4.69, 9.17) is 4.99 Å². The Labute approximate surface area is 179 Å². The van der Waals surface area contributed by atoms with Crippen molar-refractivity contribution in [3.63, 3.8) is 0 Å². The molecular weight excluding hydrogens is 382 g/mol. The summed E-state index contributed by atoms with van der Waals surface area (Å²) in [5.41, 5.74) is 1.49. The van der Waals surface area contributed by atoms with Crippen molar-refractivity contribution >= 4 is 23.2 Å². The highest BCUT2D eigenvalue weighted by Gasteiger charge is 2.21. The Morgan fingerprint density at radius 1 is 1.24 bits per heavy atom. The number of fused-ring (bicyclic) bond motifs is 1. The average molecular weight is 420 g/mol. The van der Waals surface area contributed by atoms with Gasteiger partial charge in [0.2, 0.25) is 5.91 Å². The molecule has 1 atom stereocenters. The van der Waals surface area contributed by atoms with Gasteiger partial charge < -0.3 is 15.5 Å². The van der Waals surface area contributed by atoms with Gasteiger partial charge in [0.05, 0.1) is 6.54 Å². The molecular formula is C22H37N5OS. The highest BCUT2D eigenvalue weighted by atomic mass is 32.1. The van der Waals surface area contributed by atoms with Gasteiger partial charge in [-0.15, -0.1) is 11.3 Å². The van der Waals surface area contributed by atoms with Crippen molar-refractivity contribution in [2.45, 2.75) is 65.0 Å². The van der Waals surface area contributed by atoms with E-state index in [2.05, 4.69) is 40.8 Å². The van der Waals surface area contributed by atoms with E-state index >= 15 is 0 Å². The van der Waals surface area contributed by atoms with Crippen molar-refractivity contribution in [3.8, 4) is 0 Å². The molecule has 1 amide bonds. The molecule has 6 nitrogen and oxygen atoms in total. The molecule has 2 aliphatic heterocycles. The Morgan fingerprint density at radius 3 is 3.00 bits per heavy atom. The number of thiophene rings is 1. The molecule has 7 heteroatoms. The summed E-state index contributed by atoms with van der Waals surface area (Å²) in [6.07, 6.45) is 6.21. The molecule has 1 saturated heterocycles. The van der Waals surface area contributed by atoms with Crippen LogP contribution in [0.3, 0.4) is 0 Å². The van der Waals surface area contributed by atoms with Crippen molar-refractivity contribution in [3.05, 3.63) is 21.9 Å². The molecule has 0 aliphatic carbocycles. The summed E-state index contributed by atoms with van der Waals surface area (Å²) in [7, 11) is 0. The van der Waals surface area contributed by atoms with Gasteiger partial charge in [-0.3, -0.25) is 14.7 Å². The number of nitrogens with one attached hydrogen (secondary N) is 2. The normalized spacial score (nSPS) is 19.6. The summed E-state index contributed by atoms with van der Waals surface area (Å²) in [6, 6.07) is 2.69. The van der Waals surface area contributed by atoms with Crippen molar-refractivity contribution in [1.29, 1.82) is 0 Å². The highest BCUT2D eigenvalue weighted by Crippen LogP contribution is 2.25. The summed E-state index contributed by atoms with van der Waals surface area (Å²) in [4.78, 5) is 23.0. The summed E-state index contributed by atoms with van der Waals surface area (Å²) < 4.78 is 0. The molecule has 1 aromatic heterocycles. The number of carbonyl (C=O) groups is 1. The maximum atomic E-state index is 12.1. The molecule has 2 aliphatic rings. The lowest BCUT2D eigenvalue weighted by Crippen LogP contribution is -2.42. The average Bonchev–Trinajstić information content (AvgIpc) is 3.11. The van der Waals surface area contributed by atoms with Gasteiger partial charge in [0.1, 0.15) is 0 Å². The van der Waals surface area contributed by atoms with Crippen LogP contribution in [-0.4, -0.2) is 67.0 Å². The number of likely N-dealkylation sites (tertiary alicyclic amines) is 1. The van der Waals surface area contributed by atoms with Gasteiger partial charge in [-0.25, -0.2) is 0 Å². The van der Waals surface area contributed by atoms with Gasteiger partial charge >= 0.3 is 0 Å². The van der Waals surface area contributed by atoms with Crippen LogP contribution in [0.2, 0.25) is 0 Å². The zero-order valence-corrected chi connectivity index (χ0v) is 18.9. The minimum atomic E-state index is 0.326. The van der Waals surface area contributed by atoms with Crippen molar-refractivity contribution in [2.24, 2.45) is 4.99 Å². The highest BCUT2D eigenvalue weighted by molar-refractivity contribution is 7.10. The number of carbonyl (C=O) groups excluding carboxylic acids is 1. The number of nitrogens with zero attached hydrogens (tertiary/aromatic N) is 3. The molecule has 1 aromatic rings. The predicted octanol–water partition coefficient (Wildman–Crippen LogP) is 2.84. The molecule has 29 heavy (non-hydrogen) atoms. The van der Waals surface area contributed by atoms with Crippen molar-refractivity contribution in [2.75, 3.05) is 39.3 Å². The zero-order chi connectivity index (χ0) is 20.5. The monoisotopic (exact) mass is 419 g/mol. The molecule has 162 valence electrons. The van der Waals surface area contributed by atoms with Crippen molar-refractivity contribution in [1.82, 2.24) is 20.4 Å². The molecule has 1 fully saturated rings. The maximum Gasteiger partial charge on any atom is 0.222 e. The van der Waals surface area contributed by atoms with E-state index in [0.717, 1.165) is 83.9 Å². The summed E-state index contributed by atoms with van der Waals surface area (Å²) >= 11 is 1.89. The Kier molecular flexibility index (Phi) is 8.80. The Balaban J connectivity index is 1.41. The van der Waals surface area contributed by atoms with Gasteiger partial charge in [-0.2, -0.15) is 0 Å². The lowest BCUT2D eigenvalue weighted by atomic mass is 10.1. The Morgan fingerprint density at radius 2 is 2.14 bits per heavy atom. The lowest BCUT2D eigenvalue weighted by molar-refractivity contribution is -0.130. The second-order valence-electron chi connectivity index (χ2n) is 8.13.